The van der Waals surface area contributed by atoms with Crippen molar-refractivity contribution in [2.24, 2.45) is 0 Å². The minimum absolute atomic E-state index is 0.827. The van der Waals surface area contributed by atoms with E-state index in [4.69, 9.17) is 0 Å². The Balaban J connectivity index is 2.85. The lowest BCUT2D eigenvalue weighted by molar-refractivity contribution is 0.143. The summed E-state index contributed by atoms with van der Waals surface area (Å²) >= 11 is 0. The average Bonchev–Trinajstić information content (AvgIpc) is 2.02. The zero-order valence-electron chi connectivity index (χ0n) is 8.13. The van der Waals surface area contributed by atoms with Gasteiger partial charge in [0.1, 0.15) is 5.60 Å². The number of hydrogen-bond acceptors (Lipinski definition) is 2. The predicted molar refractivity (Wildman–Crippen MR) is 52.1 cm³/mol. The molecule has 0 radical (unpaired) electrons. The maximum absolute atomic E-state index is 9.34. The van der Waals surface area contributed by atoms with E-state index >= 15 is 0 Å². The van der Waals surface area contributed by atoms with Gasteiger partial charge in [-0.05, 0) is 32.9 Å². The van der Waals surface area contributed by atoms with Crippen molar-refractivity contribution < 1.29 is 5.11 Å². The number of aryl methyl sites for hydroxylation is 1. The second-order valence-corrected chi connectivity index (χ2v) is 3.50. The fraction of sp³-hybridized carbons (Fsp3) is 0.364. The second kappa shape index (κ2) is 3.59. The van der Waals surface area contributed by atoms with E-state index in [0.29, 0.717) is 0 Å². The Kier molecular flexibility index (Phi) is 2.69. The molecule has 0 bridgehead atoms. The molecule has 0 aromatic carbocycles. The van der Waals surface area contributed by atoms with Gasteiger partial charge in [0.05, 0.1) is 0 Å². The molecule has 0 spiro atoms. The van der Waals surface area contributed by atoms with Gasteiger partial charge in [0, 0.05) is 17.5 Å². The van der Waals surface area contributed by atoms with Gasteiger partial charge in [-0.15, -0.1) is 0 Å². The van der Waals surface area contributed by atoms with Crippen LogP contribution in [0.25, 0.3) is 0 Å². The summed E-state index contributed by atoms with van der Waals surface area (Å²) < 4.78 is 0. The van der Waals surface area contributed by atoms with E-state index in [-0.39, 0.29) is 0 Å². The third-order valence-electron chi connectivity index (χ3n) is 1.42. The van der Waals surface area contributed by atoms with E-state index < -0.39 is 5.60 Å². The number of aliphatic hydroxyl groups is 1. The number of aromatic nitrogens is 1. The van der Waals surface area contributed by atoms with Gasteiger partial charge >= 0.3 is 0 Å². The van der Waals surface area contributed by atoms with Crippen LogP contribution in [0.1, 0.15) is 25.1 Å². The topological polar surface area (TPSA) is 33.1 Å². The summed E-state index contributed by atoms with van der Waals surface area (Å²) in [5, 5.41) is 9.34. The fourth-order valence-corrected chi connectivity index (χ4v) is 0.767. The van der Waals surface area contributed by atoms with Crippen LogP contribution >= 0.6 is 0 Å². The van der Waals surface area contributed by atoms with Gasteiger partial charge in [-0.1, -0.05) is 11.8 Å². The molecule has 0 atom stereocenters. The van der Waals surface area contributed by atoms with Crippen molar-refractivity contribution >= 4 is 0 Å². The van der Waals surface area contributed by atoms with Crippen molar-refractivity contribution in [3.63, 3.8) is 0 Å². The van der Waals surface area contributed by atoms with Crippen LogP contribution in [0.4, 0.5) is 0 Å². The molecule has 0 fully saturated rings. The van der Waals surface area contributed by atoms with Gasteiger partial charge in [0.15, 0.2) is 0 Å². The molecule has 1 aromatic rings. The minimum Gasteiger partial charge on any atom is -0.378 e. The Morgan fingerprint density at radius 3 is 2.54 bits per heavy atom. The first-order chi connectivity index (χ1) is 5.97. The van der Waals surface area contributed by atoms with E-state index in [1.54, 1.807) is 20.0 Å². The minimum atomic E-state index is -0.940. The van der Waals surface area contributed by atoms with Crippen LogP contribution in [0.3, 0.4) is 0 Å². The Morgan fingerprint density at radius 1 is 1.38 bits per heavy atom. The zero-order valence-corrected chi connectivity index (χ0v) is 8.13. The van der Waals surface area contributed by atoms with Crippen molar-refractivity contribution in [1.29, 1.82) is 0 Å². The van der Waals surface area contributed by atoms with Crippen molar-refractivity contribution in [2.45, 2.75) is 26.4 Å². The van der Waals surface area contributed by atoms with E-state index in [9.17, 15) is 5.11 Å². The normalized spacial score (nSPS) is 10.5. The third-order valence-corrected chi connectivity index (χ3v) is 1.42. The molecule has 0 aliphatic carbocycles. The number of rotatable bonds is 0. The van der Waals surface area contributed by atoms with Crippen LogP contribution in [0.2, 0.25) is 0 Å². The highest BCUT2D eigenvalue weighted by Crippen LogP contribution is 2.00. The molecule has 1 aromatic heterocycles. The van der Waals surface area contributed by atoms with Crippen LogP contribution in [0.15, 0.2) is 18.3 Å². The summed E-state index contributed by atoms with van der Waals surface area (Å²) in [5.74, 6) is 5.57. The van der Waals surface area contributed by atoms with Crippen LogP contribution < -0.4 is 0 Å². The van der Waals surface area contributed by atoms with Gasteiger partial charge < -0.3 is 5.11 Å². The molecule has 68 valence electrons. The van der Waals surface area contributed by atoms with Crippen molar-refractivity contribution in [1.82, 2.24) is 4.98 Å². The van der Waals surface area contributed by atoms with Crippen molar-refractivity contribution in [3.8, 4) is 11.8 Å². The third kappa shape index (κ3) is 3.73. The molecular weight excluding hydrogens is 162 g/mol. The highest BCUT2D eigenvalue weighted by molar-refractivity contribution is 5.34. The van der Waals surface area contributed by atoms with Crippen LogP contribution in [-0.2, 0) is 0 Å². The smallest absolute Gasteiger partial charge is 0.120 e. The predicted octanol–water partition coefficient (Wildman–Crippen LogP) is 1.51. The largest absolute Gasteiger partial charge is 0.378 e. The zero-order chi connectivity index (χ0) is 9.90. The second-order valence-electron chi connectivity index (χ2n) is 3.50. The molecule has 13 heavy (non-hydrogen) atoms. The molecule has 1 rings (SSSR count). The van der Waals surface area contributed by atoms with Gasteiger partial charge in [-0.25, -0.2) is 0 Å². The molecule has 0 aliphatic rings. The van der Waals surface area contributed by atoms with Crippen LogP contribution in [-0.4, -0.2) is 15.7 Å². The Bertz CT molecular complexity index is 335. The molecule has 2 nitrogen and oxygen atoms in total. The van der Waals surface area contributed by atoms with E-state index in [1.165, 1.54) is 0 Å². The summed E-state index contributed by atoms with van der Waals surface area (Å²) in [4.78, 5) is 4.10. The lowest BCUT2D eigenvalue weighted by atomic mass is 10.1. The molecule has 2 heteroatoms. The molecule has 0 unspecified atom stereocenters. The summed E-state index contributed by atoms with van der Waals surface area (Å²) in [6, 6.07) is 3.79. The van der Waals surface area contributed by atoms with Crippen molar-refractivity contribution in [2.75, 3.05) is 0 Å². The standard InChI is InChI=1S/C11H13NO/c1-9-4-5-10(8-12-9)6-7-11(2,3)13/h4-5,8,13H,1-3H3. The maximum Gasteiger partial charge on any atom is 0.120 e. The molecule has 0 aliphatic heterocycles. The van der Waals surface area contributed by atoms with Crippen LogP contribution in [0.5, 0.6) is 0 Å². The van der Waals surface area contributed by atoms with Gasteiger partial charge in [0.2, 0.25) is 0 Å². The number of nitrogens with zero attached hydrogens (tertiary/aromatic N) is 1. The highest BCUT2D eigenvalue weighted by atomic mass is 16.3. The van der Waals surface area contributed by atoms with E-state index in [1.807, 2.05) is 19.1 Å². The molecule has 0 saturated carbocycles. The fourth-order valence-electron chi connectivity index (χ4n) is 0.767. The van der Waals surface area contributed by atoms with E-state index in [0.717, 1.165) is 11.3 Å². The molecular formula is C11H13NO. The first-order valence-corrected chi connectivity index (χ1v) is 4.15. The first kappa shape index (κ1) is 9.76. The Hall–Kier alpha value is -1.33. The number of pyridine rings is 1. The quantitative estimate of drug-likeness (QED) is 0.606. The monoisotopic (exact) mass is 175 g/mol. The highest BCUT2D eigenvalue weighted by Gasteiger charge is 2.05. The summed E-state index contributed by atoms with van der Waals surface area (Å²) in [7, 11) is 0. The molecule has 1 heterocycles. The average molecular weight is 175 g/mol. The SMILES string of the molecule is Cc1ccc(C#CC(C)(C)O)cn1. The summed E-state index contributed by atoms with van der Waals surface area (Å²) in [6.45, 7) is 5.23. The van der Waals surface area contributed by atoms with E-state index in [2.05, 4.69) is 16.8 Å². The summed E-state index contributed by atoms with van der Waals surface area (Å²) in [6.07, 6.45) is 1.70. The Labute approximate surface area is 78.6 Å². The van der Waals surface area contributed by atoms with Crippen LogP contribution in [0, 0.1) is 18.8 Å². The van der Waals surface area contributed by atoms with Gasteiger partial charge in [-0.3, -0.25) is 4.98 Å². The Morgan fingerprint density at radius 2 is 2.08 bits per heavy atom. The summed E-state index contributed by atoms with van der Waals surface area (Å²) in [5.41, 5.74) is 0.853. The first-order valence-electron chi connectivity index (χ1n) is 4.15. The lowest BCUT2D eigenvalue weighted by Crippen LogP contribution is -2.14. The molecule has 0 saturated heterocycles. The van der Waals surface area contributed by atoms with Crippen molar-refractivity contribution in [3.05, 3.63) is 29.6 Å². The maximum atomic E-state index is 9.34. The van der Waals surface area contributed by atoms with Gasteiger partial charge in [-0.2, -0.15) is 0 Å². The molecule has 0 amide bonds. The number of hydrogen-bond donors (Lipinski definition) is 1. The lowest BCUT2D eigenvalue weighted by Gasteiger charge is -2.05. The van der Waals surface area contributed by atoms with Gasteiger partial charge in [0.25, 0.3) is 0 Å². The molecule has 1 N–H and O–H groups in total.